The third-order valence-corrected chi connectivity index (χ3v) is 3.64. The average Bonchev–Trinajstić information content (AvgIpc) is 2.47. The summed E-state index contributed by atoms with van der Waals surface area (Å²) in [4.78, 5) is 23.3. The summed E-state index contributed by atoms with van der Waals surface area (Å²) in [5.41, 5.74) is 1.11. The molecule has 0 radical (unpaired) electrons. The zero-order chi connectivity index (χ0) is 16.5. The lowest BCUT2D eigenvalue weighted by Gasteiger charge is -2.17. The summed E-state index contributed by atoms with van der Waals surface area (Å²) < 4.78 is 1.02. The maximum atomic E-state index is 11.8. The minimum atomic E-state index is -0.447. The Morgan fingerprint density at radius 3 is 2.36 bits per heavy atom. The van der Waals surface area contributed by atoms with E-state index in [1.807, 2.05) is 45.0 Å². The second-order valence-corrected chi connectivity index (χ2v) is 6.46. The van der Waals surface area contributed by atoms with E-state index >= 15 is 0 Å². The van der Waals surface area contributed by atoms with Crippen molar-refractivity contribution in [1.29, 1.82) is 0 Å². The van der Waals surface area contributed by atoms with Crippen molar-refractivity contribution in [3.8, 4) is 0 Å². The molecule has 0 aliphatic heterocycles. The summed E-state index contributed by atoms with van der Waals surface area (Å²) in [7, 11) is 0. The molecule has 0 unspecified atom stereocenters. The second-order valence-electron chi connectivity index (χ2n) is 5.55. The van der Waals surface area contributed by atoms with Gasteiger partial charge in [0.15, 0.2) is 0 Å². The van der Waals surface area contributed by atoms with E-state index < -0.39 is 6.03 Å². The number of amides is 3. The van der Waals surface area contributed by atoms with Crippen LogP contribution >= 0.6 is 15.9 Å². The number of benzene rings is 1. The second kappa shape index (κ2) is 9.58. The van der Waals surface area contributed by atoms with Crippen LogP contribution in [0, 0.1) is 5.92 Å². The number of rotatable bonds is 7. The molecule has 6 heteroatoms. The summed E-state index contributed by atoms with van der Waals surface area (Å²) in [5, 5.41) is 8.13. The Kier molecular flexibility index (Phi) is 8.12. The van der Waals surface area contributed by atoms with Gasteiger partial charge in [0, 0.05) is 17.1 Å². The number of hydrogen-bond donors (Lipinski definition) is 3. The molecule has 22 heavy (non-hydrogen) atoms. The standard InChI is InChI=1S/C16H24BrN3O2/c1-4-14(12-5-7-13(17)8-6-12)18-10-15(21)20-16(22)19-9-11(2)3/h5-8,11,14,18H,4,9-10H2,1-3H3,(H2,19,20,21,22)/t14-/m1/s1. The molecule has 1 atom stereocenters. The normalized spacial score (nSPS) is 12.0. The van der Waals surface area contributed by atoms with Gasteiger partial charge in [0.05, 0.1) is 6.54 Å². The van der Waals surface area contributed by atoms with Crippen LogP contribution < -0.4 is 16.0 Å². The Morgan fingerprint density at radius 1 is 1.18 bits per heavy atom. The number of nitrogens with one attached hydrogen (secondary N) is 3. The van der Waals surface area contributed by atoms with Crippen LogP contribution in [0.5, 0.6) is 0 Å². The van der Waals surface area contributed by atoms with Crippen molar-refractivity contribution >= 4 is 27.9 Å². The number of urea groups is 1. The van der Waals surface area contributed by atoms with E-state index in [-0.39, 0.29) is 18.5 Å². The van der Waals surface area contributed by atoms with Crippen LogP contribution in [0.3, 0.4) is 0 Å². The Bertz CT molecular complexity index is 489. The van der Waals surface area contributed by atoms with E-state index in [1.165, 1.54) is 0 Å². The summed E-state index contributed by atoms with van der Waals surface area (Å²) in [6.45, 7) is 6.68. The topological polar surface area (TPSA) is 70.2 Å². The van der Waals surface area contributed by atoms with Gasteiger partial charge >= 0.3 is 6.03 Å². The maximum absolute atomic E-state index is 11.8. The fourth-order valence-electron chi connectivity index (χ4n) is 1.92. The van der Waals surface area contributed by atoms with E-state index in [1.54, 1.807) is 0 Å². The molecule has 0 aliphatic rings. The molecular formula is C16H24BrN3O2. The predicted molar refractivity (Wildman–Crippen MR) is 91.6 cm³/mol. The summed E-state index contributed by atoms with van der Waals surface area (Å²) >= 11 is 3.40. The van der Waals surface area contributed by atoms with E-state index in [2.05, 4.69) is 31.9 Å². The first-order chi connectivity index (χ1) is 10.4. The fraction of sp³-hybridized carbons (Fsp3) is 0.500. The SMILES string of the molecule is CC[C@@H](NCC(=O)NC(=O)NCC(C)C)c1ccc(Br)cc1. The first-order valence-corrected chi connectivity index (χ1v) is 8.28. The molecule has 1 aromatic carbocycles. The van der Waals surface area contributed by atoms with Gasteiger partial charge in [0.2, 0.25) is 5.91 Å². The quantitative estimate of drug-likeness (QED) is 0.691. The summed E-state index contributed by atoms with van der Waals surface area (Å²) in [5.74, 6) is 0.0117. The van der Waals surface area contributed by atoms with Crippen LogP contribution in [0.15, 0.2) is 28.7 Å². The van der Waals surface area contributed by atoms with Crippen LogP contribution in [0.1, 0.15) is 38.8 Å². The number of halogens is 1. The van der Waals surface area contributed by atoms with E-state index in [9.17, 15) is 9.59 Å². The highest BCUT2D eigenvalue weighted by Gasteiger charge is 2.12. The van der Waals surface area contributed by atoms with Crippen LogP contribution in [0.2, 0.25) is 0 Å². The zero-order valence-electron chi connectivity index (χ0n) is 13.3. The van der Waals surface area contributed by atoms with Crippen LogP contribution in [-0.4, -0.2) is 25.0 Å². The number of hydrogen-bond acceptors (Lipinski definition) is 3. The molecule has 0 spiro atoms. The van der Waals surface area contributed by atoms with Crippen molar-refractivity contribution in [3.63, 3.8) is 0 Å². The lowest BCUT2D eigenvalue weighted by atomic mass is 10.0. The van der Waals surface area contributed by atoms with Gasteiger partial charge in [0.1, 0.15) is 0 Å². The van der Waals surface area contributed by atoms with Crippen molar-refractivity contribution in [2.45, 2.75) is 33.2 Å². The Labute approximate surface area is 140 Å². The molecular weight excluding hydrogens is 346 g/mol. The molecule has 1 aromatic rings. The highest BCUT2D eigenvalue weighted by atomic mass is 79.9. The predicted octanol–water partition coefficient (Wildman–Crippen LogP) is 2.97. The Balaban J connectivity index is 2.41. The van der Waals surface area contributed by atoms with E-state index in [0.29, 0.717) is 12.5 Å². The van der Waals surface area contributed by atoms with Gasteiger partial charge in [-0.25, -0.2) is 4.79 Å². The van der Waals surface area contributed by atoms with Crippen LogP contribution in [-0.2, 0) is 4.79 Å². The molecule has 0 aliphatic carbocycles. The number of carbonyl (C=O) groups excluding carboxylic acids is 2. The maximum Gasteiger partial charge on any atom is 0.321 e. The summed E-state index contributed by atoms with van der Waals surface area (Å²) in [6.07, 6.45) is 0.856. The highest BCUT2D eigenvalue weighted by molar-refractivity contribution is 9.10. The first-order valence-electron chi connectivity index (χ1n) is 7.48. The van der Waals surface area contributed by atoms with Gasteiger partial charge < -0.3 is 10.6 Å². The monoisotopic (exact) mass is 369 g/mol. The lowest BCUT2D eigenvalue weighted by Crippen LogP contribution is -2.44. The average molecular weight is 370 g/mol. The van der Waals surface area contributed by atoms with Gasteiger partial charge in [-0.2, -0.15) is 0 Å². The lowest BCUT2D eigenvalue weighted by molar-refractivity contribution is -0.119. The summed E-state index contributed by atoms with van der Waals surface area (Å²) in [6, 6.07) is 7.60. The molecule has 0 fully saturated rings. The van der Waals surface area contributed by atoms with Gasteiger partial charge in [-0.15, -0.1) is 0 Å². The van der Waals surface area contributed by atoms with Crippen molar-refractivity contribution in [2.24, 2.45) is 5.92 Å². The molecule has 0 heterocycles. The van der Waals surface area contributed by atoms with Gasteiger partial charge in [0.25, 0.3) is 0 Å². The fourth-order valence-corrected chi connectivity index (χ4v) is 2.19. The first kappa shape index (κ1) is 18.6. The minimum Gasteiger partial charge on any atom is -0.338 e. The van der Waals surface area contributed by atoms with Crippen molar-refractivity contribution in [2.75, 3.05) is 13.1 Å². The van der Waals surface area contributed by atoms with Crippen LogP contribution in [0.4, 0.5) is 4.79 Å². The molecule has 5 nitrogen and oxygen atoms in total. The third-order valence-electron chi connectivity index (χ3n) is 3.11. The third kappa shape index (κ3) is 7.04. The molecule has 0 saturated heterocycles. The molecule has 3 amide bonds. The van der Waals surface area contributed by atoms with Gasteiger partial charge in [-0.1, -0.05) is 48.8 Å². The van der Waals surface area contributed by atoms with Gasteiger partial charge in [-0.05, 0) is 30.0 Å². The molecule has 1 rings (SSSR count). The largest absolute Gasteiger partial charge is 0.338 e. The van der Waals surface area contributed by atoms with Crippen molar-refractivity contribution in [3.05, 3.63) is 34.3 Å². The van der Waals surface area contributed by atoms with Crippen molar-refractivity contribution in [1.82, 2.24) is 16.0 Å². The minimum absolute atomic E-state index is 0.0811. The van der Waals surface area contributed by atoms with E-state index in [4.69, 9.17) is 0 Å². The van der Waals surface area contributed by atoms with E-state index in [0.717, 1.165) is 16.5 Å². The number of carbonyl (C=O) groups is 2. The molecule has 3 N–H and O–H groups in total. The Hall–Kier alpha value is -1.40. The number of imide groups is 1. The van der Waals surface area contributed by atoms with Crippen LogP contribution in [0.25, 0.3) is 0 Å². The highest BCUT2D eigenvalue weighted by Crippen LogP contribution is 2.19. The zero-order valence-corrected chi connectivity index (χ0v) is 14.9. The molecule has 0 bridgehead atoms. The molecule has 122 valence electrons. The van der Waals surface area contributed by atoms with Gasteiger partial charge in [-0.3, -0.25) is 10.1 Å². The molecule has 0 aromatic heterocycles. The Morgan fingerprint density at radius 2 is 1.82 bits per heavy atom. The molecule has 0 saturated carbocycles. The smallest absolute Gasteiger partial charge is 0.321 e. The van der Waals surface area contributed by atoms with Crippen molar-refractivity contribution < 1.29 is 9.59 Å².